The van der Waals surface area contributed by atoms with Crippen molar-refractivity contribution in [2.45, 2.75) is 19.3 Å². The summed E-state index contributed by atoms with van der Waals surface area (Å²) in [5, 5.41) is 2.94. The molecule has 0 spiro atoms. The number of benzene rings is 2. The highest BCUT2D eigenvalue weighted by molar-refractivity contribution is 5.96. The van der Waals surface area contributed by atoms with Crippen molar-refractivity contribution in [3.8, 4) is 0 Å². The predicted molar refractivity (Wildman–Crippen MR) is 109 cm³/mol. The summed E-state index contributed by atoms with van der Waals surface area (Å²) in [7, 11) is 0. The van der Waals surface area contributed by atoms with Gasteiger partial charge in [0.25, 0.3) is 5.91 Å². The number of nitrogens with two attached hydrogens (primary N) is 1. The molecule has 0 fully saturated rings. The first kappa shape index (κ1) is 20.8. The van der Waals surface area contributed by atoms with Crippen LogP contribution in [0.4, 0.5) is 0 Å². The van der Waals surface area contributed by atoms with Gasteiger partial charge in [-0.25, -0.2) is 0 Å². The van der Waals surface area contributed by atoms with Crippen LogP contribution in [-0.4, -0.2) is 49.3 Å². The molecule has 1 amide bonds. The number of nitrogens with zero attached hydrogens (tertiary/aromatic N) is 1. The molecule has 0 unspecified atom stereocenters. The molecule has 0 saturated heterocycles. The van der Waals surface area contributed by atoms with Gasteiger partial charge in [-0.2, -0.15) is 0 Å². The smallest absolute Gasteiger partial charge is 0.251 e. The minimum atomic E-state index is -0.0586. The third-order valence-corrected chi connectivity index (χ3v) is 4.42. The summed E-state index contributed by atoms with van der Waals surface area (Å²) in [5.41, 5.74) is 7.14. The van der Waals surface area contributed by atoms with Crippen molar-refractivity contribution in [3.05, 3.63) is 71.8 Å². The number of hydrogen-bond donors (Lipinski definition) is 2. The van der Waals surface area contributed by atoms with Gasteiger partial charge in [0.2, 0.25) is 0 Å². The van der Waals surface area contributed by atoms with E-state index in [-0.39, 0.29) is 11.7 Å². The molecule has 144 valence electrons. The van der Waals surface area contributed by atoms with Crippen LogP contribution in [-0.2, 0) is 0 Å². The highest BCUT2D eigenvalue weighted by Gasteiger charge is 2.08. The second kappa shape index (κ2) is 12.0. The molecule has 0 aliphatic rings. The van der Waals surface area contributed by atoms with E-state index < -0.39 is 0 Å². The Morgan fingerprint density at radius 3 is 2.07 bits per heavy atom. The number of carbonyl (C=O) groups is 2. The second-order valence-corrected chi connectivity index (χ2v) is 6.50. The maximum absolute atomic E-state index is 12.1. The quantitative estimate of drug-likeness (QED) is 0.447. The fourth-order valence-corrected chi connectivity index (χ4v) is 2.93. The molecule has 0 aliphatic heterocycles. The standard InChI is InChI=1S/C22H29N3O2/c23-14-17-25(18-15-24-22(27)20-11-5-2-6-12-20)16-8-7-13-21(26)19-9-3-1-4-10-19/h1-6,9-12H,7-8,13-18,23H2,(H,24,27). The highest BCUT2D eigenvalue weighted by Crippen LogP contribution is 2.07. The van der Waals surface area contributed by atoms with Crippen molar-refractivity contribution < 1.29 is 9.59 Å². The molecule has 0 bridgehead atoms. The number of nitrogens with one attached hydrogen (secondary N) is 1. The molecule has 0 heterocycles. The van der Waals surface area contributed by atoms with Gasteiger partial charge in [0, 0.05) is 43.7 Å². The van der Waals surface area contributed by atoms with Gasteiger partial charge < -0.3 is 16.0 Å². The zero-order chi connectivity index (χ0) is 19.3. The van der Waals surface area contributed by atoms with Crippen molar-refractivity contribution in [1.82, 2.24) is 10.2 Å². The molecule has 2 aromatic rings. The Bertz CT molecular complexity index is 689. The van der Waals surface area contributed by atoms with Crippen molar-refractivity contribution >= 4 is 11.7 Å². The van der Waals surface area contributed by atoms with E-state index in [2.05, 4.69) is 10.2 Å². The Morgan fingerprint density at radius 1 is 0.815 bits per heavy atom. The molecule has 0 aliphatic carbocycles. The minimum absolute atomic E-state index is 0.0586. The van der Waals surface area contributed by atoms with Gasteiger partial charge in [0.1, 0.15) is 0 Å². The monoisotopic (exact) mass is 367 g/mol. The summed E-state index contributed by atoms with van der Waals surface area (Å²) in [4.78, 5) is 26.4. The maximum Gasteiger partial charge on any atom is 0.251 e. The van der Waals surface area contributed by atoms with Crippen LogP contribution in [0.15, 0.2) is 60.7 Å². The van der Waals surface area contributed by atoms with E-state index in [9.17, 15) is 9.59 Å². The summed E-state index contributed by atoms with van der Waals surface area (Å²) < 4.78 is 0. The lowest BCUT2D eigenvalue weighted by atomic mass is 10.1. The molecule has 0 radical (unpaired) electrons. The Kier molecular flexibility index (Phi) is 9.24. The van der Waals surface area contributed by atoms with Gasteiger partial charge in [0.05, 0.1) is 0 Å². The van der Waals surface area contributed by atoms with Crippen LogP contribution in [0, 0.1) is 0 Å². The predicted octanol–water partition coefficient (Wildman–Crippen LogP) is 2.73. The first-order chi connectivity index (χ1) is 13.2. The first-order valence-electron chi connectivity index (χ1n) is 9.54. The van der Waals surface area contributed by atoms with Crippen molar-refractivity contribution in [2.24, 2.45) is 5.73 Å². The van der Waals surface area contributed by atoms with E-state index in [1.54, 1.807) is 12.1 Å². The largest absolute Gasteiger partial charge is 0.351 e. The normalized spacial score (nSPS) is 10.7. The van der Waals surface area contributed by atoms with E-state index in [0.717, 1.165) is 38.0 Å². The molecular weight excluding hydrogens is 338 g/mol. The van der Waals surface area contributed by atoms with Crippen LogP contribution < -0.4 is 11.1 Å². The molecular formula is C22H29N3O2. The number of ketones is 1. The van der Waals surface area contributed by atoms with Crippen molar-refractivity contribution in [1.29, 1.82) is 0 Å². The molecule has 2 aromatic carbocycles. The Hall–Kier alpha value is -2.50. The number of carbonyl (C=O) groups excluding carboxylic acids is 2. The highest BCUT2D eigenvalue weighted by atomic mass is 16.1. The second-order valence-electron chi connectivity index (χ2n) is 6.50. The van der Waals surface area contributed by atoms with Gasteiger partial charge in [-0.05, 0) is 31.5 Å². The summed E-state index contributed by atoms with van der Waals surface area (Å²) >= 11 is 0. The van der Waals surface area contributed by atoms with Gasteiger partial charge in [0.15, 0.2) is 5.78 Å². The van der Waals surface area contributed by atoms with Crippen LogP contribution in [0.1, 0.15) is 40.0 Å². The molecule has 3 N–H and O–H groups in total. The van der Waals surface area contributed by atoms with E-state index in [4.69, 9.17) is 5.73 Å². The molecule has 0 aromatic heterocycles. The van der Waals surface area contributed by atoms with Crippen molar-refractivity contribution in [2.75, 3.05) is 32.7 Å². The van der Waals surface area contributed by atoms with Gasteiger partial charge >= 0.3 is 0 Å². The molecule has 5 heteroatoms. The van der Waals surface area contributed by atoms with Crippen LogP contribution in [0.5, 0.6) is 0 Å². The van der Waals surface area contributed by atoms with Gasteiger partial charge in [-0.1, -0.05) is 48.5 Å². The van der Waals surface area contributed by atoms with Crippen molar-refractivity contribution in [3.63, 3.8) is 0 Å². The molecule has 27 heavy (non-hydrogen) atoms. The van der Waals surface area contributed by atoms with E-state index in [0.29, 0.717) is 25.1 Å². The van der Waals surface area contributed by atoms with E-state index >= 15 is 0 Å². The molecule has 2 rings (SSSR count). The topological polar surface area (TPSA) is 75.4 Å². The van der Waals surface area contributed by atoms with Crippen LogP contribution >= 0.6 is 0 Å². The maximum atomic E-state index is 12.1. The third kappa shape index (κ3) is 7.72. The summed E-state index contributed by atoms with van der Waals surface area (Å²) in [5.74, 6) is 0.132. The molecule has 0 saturated carbocycles. The van der Waals surface area contributed by atoms with Gasteiger partial charge in [-0.3, -0.25) is 9.59 Å². The van der Waals surface area contributed by atoms with Crippen LogP contribution in [0.25, 0.3) is 0 Å². The van der Waals surface area contributed by atoms with Crippen LogP contribution in [0.3, 0.4) is 0 Å². The number of rotatable bonds is 12. The summed E-state index contributed by atoms with van der Waals surface area (Å²) in [6.07, 6.45) is 2.35. The lowest BCUT2D eigenvalue weighted by Gasteiger charge is -2.21. The third-order valence-electron chi connectivity index (χ3n) is 4.42. The lowest BCUT2D eigenvalue weighted by Crippen LogP contribution is -2.38. The molecule has 5 nitrogen and oxygen atoms in total. The van der Waals surface area contributed by atoms with Gasteiger partial charge in [-0.15, -0.1) is 0 Å². The Balaban J connectivity index is 1.66. The summed E-state index contributed by atoms with van der Waals surface area (Å²) in [6.45, 7) is 3.57. The number of hydrogen-bond acceptors (Lipinski definition) is 4. The number of amides is 1. The SMILES string of the molecule is NCCN(CCCCC(=O)c1ccccc1)CCNC(=O)c1ccccc1. The fraction of sp³-hybridized carbons (Fsp3) is 0.364. The zero-order valence-electron chi connectivity index (χ0n) is 15.8. The first-order valence-corrected chi connectivity index (χ1v) is 9.54. The Labute approximate surface area is 161 Å². The number of unbranched alkanes of at least 4 members (excludes halogenated alkanes) is 1. The average molecular weight is 367 g/mol. The van der Waals surface area contributed by atoms with E-state index in [1.165, 1.54) is 0 Å². The summed E-state index contributed by atoms with van der Waals surface area (Å²) in [6, 6.07) is 18.6. The minimum Gasteiger partial charge on any atom is -0.351 e. The molecule has 0 atom stereocenters. The van der Waals surface area contributed by atoms with E-state index in [1.807, 2.05) is 48.5 Å². The lowest BCUT2D eigenvalue weighted by molar-refractivity contribution is 0.0944. The Morgan fingerprint density at radius 2 is 1.44 bits per heavy atom. The zero-order valence-corrected chi connectivity index (χ0v) is 15.8. The average Bonchev–Trinajstić information content (AvgIpc) is 2.72. The number of Topliss-reactive ketones (excluding diaryl/α,β-unsaturated/α-hetero) is 1. The van der Waals surface area contributed by atoms with Crippen LogP contribution in [0.2, 0.25) is 0 Å². The fourth-order valence-electron chi connectivity index (χ4n) is 2.93.